The molecule has 0 radical (unpaired) electrons. The van der Waals surface area contributed by atoms with E-state index in [0.717, 1.165) is 19.3 Å². The predicted octanol–water partition coefficient (Wildman–Crippen LogP) is 10.4. The molecule has 0 nitrogen and oxygen atoms in total. The van der Waals surface area contributed by atoms with Crippen LogP contribution in [0.25, 0.3) is 11.6 Å². The summed E-state index contributed by atoms with van der Waals surface area (Å²) >= 11 is 1.46. The summed E-state index contributed by atoms with van der Waals surface area (Å²) in [5.41, 5.74) is 11.4. The first-order valence-corrected chi connectivity index (χ1v) is 17.4. The van der Waals surface area contributed by atoms with Gasteiger partial charge in [0, 0.05) is 0 Å². The predicted molar refractivity (Wildman–Crippen MR) is 201 cm³/mol. The fourth-order valence-electron chi connectivity index (χ4n) is 6.82. The molecule has 0 aromatic heterocycles. The Hall–Kier alpha value is -2.31. The van der Waals surface area contributed by atoms with Gasteiger partial charge in [0.15, 0.2) is 0 Å². The molecular formula is C43H49Cl2Zr-. The topological polar surface area (TPSA) is 0 Å². The molecular weight excluding hydrogens is 679 g/mol. The molecule has 0 bridgehead atoms. The number of fused-ring (bicyclic) bond motifs is 2. The van der Waals surface area contributed by atoms with E-state index in [-0.39, 0.29) is 41.1 Å². The molecule has 0 aliphatic heterocycles. The Bertz CT molecular complexity index is 1770. The summed E-state index contributed by atoms with van der Waals surface area (Å²) in [6, 6.07) is 28.1. The van der Waals surface area contributed by atoms with E-state index in [0.29, 0.717) is 0 Å². The molecule has 46 heavy (non-hydrogen) atoms. The molecule has 240 valence electrons. The van der Waals surface area contributed by atoms with Crippen LogP contribution in [0.1, 0.15) is 91.3 Å². The van der Waals surface area contributed by atoms with Gasteiger partial charge in [-0.05, 0) is 52.2 Å². The van der Waals surface area contributed by atoms with Crippen molar-refractivity contribution in [3.05, 3.63) is 153 Å². The van der Waals surface area contributed by atoms with Gasteiger partial charge in [0.2, 0.25) is 0 Å². The standard InChI is InChI=1S/C30H37.C13H10.2ClH.Zr/c1-9-20-11-14-27(24(20)10-2)30(29(6,7)8)16-15-26-22(19-30)17-21-18-23(28(3,4)5)12-13-25(21)26;1-3-7-12(8-4-1)11-13-9-5-2-6-10-13;;;/h11-13,15-18H,9-10,14H2,1-8H3;1-10H;2*1H;/q-1;;;;. The van der Waals surface area contributed by atoms with E-state index in [9.17, 15) is 0 Å². The van der Waals surface area contributed by atoms with Gasteiger partial charge in [-0.2, -0.15) is 17.7 Å². The van der Waals surface area contributed by atoms with Crippen LogP contribution in [0.2, 0.25) is 0 Å². The van der Waals surface area contributed by atoms with Gasteiger partial charge >= 0.3 is 99.2 Å². The molecule has 1 unspecified atom stereocenters. The van der Waals surface area contributed by atoms with Gasteiger partial charge in [0.1, 0.15) is 0 Å². The van der Waals surface area contributed by atoms with Crippen molar-refractivity contribution < 1.29 is 24.2 Å². The average molecular weight is 728 g/mol. The number of allylic oxidation sites excluding steroid dienone is 8. The summed E-state index contributed by atoms with van der Waals surface area (Å²) in [5, 5.41) is 2.70. The van der Waals surface area contributed by atoms with Crippen molar-refractivity contribution in [3.8, 4) is 0 Å². The molecule has 1 atom stereocenters. The molecule has 0 spiro atoms. The SMILES string of the molecule is CCC1=CCC(C2(C(C)(C)C)[C-]=C3C=c4cc(C(C)(C)C)ccc4=C3C=C2)=C1CC.Cl.Cl.[Zr]=[C](c1ccccc1)c1ccccc1. The Morgan fingerprint density at radius 1 is 0.804 bits per heavy atom. The number of benzene rings is 3. The number of rotatable bonds is 5. The van der Waals surface area contributed by atoms with Crippen molar-refractivity contribution in [2.45, 2.75) is 80.1 Å². The van der Waals surface area contributed by atoms with Crippen molar-refractivity contribution in [2.24, 2.45) is 10.8 Å². The first-order valence-electron chi connectivity index (χ1n) is 16.2. The van der Waals surface area contributed by atoms with Crippen LogP contribution in [-0.4, -0.2) is 3.21 Å². The molecule has 0 amide bonds. The number of halogens is 2. The van der Waals surface area contributed by atoms with Gasteiger partial charge in [-0.25, -0.2) is 0 Å². The Kier molecular flexibility index (Phi) is 12.7. The molecule has 0 heterocycles. The van der Waals surface area contributed by atoms with E-state index in [2.05, 4.69) is 165 Å². The summed E-state index contributed by atoms with van der Waals surface area (Å²) in [6.07, 6.45) is 17.0. The molecule has 6 rings (SSSR count). The molecule has 0 saturated heterocycles. The van der Waals surface area contributed by atoms with E-state index in [1.165, 1.54) is 65.7 Å². The minimum atomic E-state index is -0.157. The van der Waals surface area contributed by atoms with Gasteiger partial charge in [0.05, 0.1) is 0 Å². The van der Waals surface area contributed by atoms with Crippen LogP contribution in [0.3, 0.4) is 0 Å². The first kappa shape index (κ1) is 38.1. The van der Waals surface area contributed by atoms with Crippen LogP contribution < -0.4 is 10.4 Å². The van der Waals surface area contributed by atoms with E-state index < -0.39 is 0 Å². The van der Waals surface area contributed by atoms with Crippen molar-refractivity contribution >= 4 is 39.7 Å². The van der Waals surface area contributed by atoms with Crippen molar-refractivity contribution in [2.75, 3.05) is 0 Å². The number of hydrogen-bond donors (Lipinski definition) is 0. The second kappa shape index (κ2) is 15.3. The van der Waals surface area contributed by atoms with Gasteiger partial charge in [-0.3, -0.25) is 0 Å². The quantitative estimate of drug-likeness (QED) is 0.230. The van der Waals surface area contributed by atoms with E-state index in [4.69, 9.17) is 0 Å². The third-order valence-electron chi connectivity index (χ3n) is 9.45. The zero-order valence-electron chi connectivity index (χ0n) is 28.8. The van der Waals surface area contributed by atoms with Gasteiger partial charge in [0.25, 0.3) is 0 Å². The minimum absolute atomic E-state index is 0. The average Bonchev–Trinajstić information content (AvgIpc) is 3.61. The Labute approximate surface area is 305 Å². The van der Waals surface area contributed by atoms with Crippen LogP contribution in [0.15, 0.2) is 119 Å². The Morgan fingerprint density at radius 3 is 1.89 bits per heavy atom. The van der Waals surface area contributed by atoms with E-state index >= 15 is 0 Å². The Balaban J connectivity index is 0.000000304. The molecule has 3 heteroatoms. The molecule has 0 saturated carbocycles. The zero-order chi connectivity index (χ0) is 31.7. The van der Waals surface area contributed by atoms with Gasteiger partial charge in [-0.15, -0.1) is 36.5 Å². The van der Waals surface area contributed by atoms with Crippen LogP contribution >= 0.6 is 24.8 Å². The van der Waals surface area contributed by atoms with Gasteiger partial charge in [-0.1, -0.05) is 102 Å². The summed E-state index contributed by atoms with van der Waals surface area (Å²) in [7, 11) is 0. The van der Waals surface area contributed by atoms with Crippen LogP contribution in [0.4, 0.5) is 0 Å². The molecule has 3 aromatic carbocycles. The third kappa shape index (κ3) is 7.54. The molecule has 0 N–H and O–H groups in total. The number of hydrogen-bond acceptors (Lipinski definition) is 0. The van der Waals surface area contributed by atoms with Crippen molar-refractivity contribution in [1.82, 2.24) is 0 Å². The van der Waals surface area contributed by atoms with Crippen molar-refractivity contribution in [1.29, 1.82) is 0 Å². The van der Waals surface area contributed by atoms with E-state index in [1.807, 2.05) is 0 Å². The molecule has 3 aromatic rings. The normalized spacial score (nSPS) is 18.1. The third-order valence-corrected chi connectivity index (χ3v) is 10.9. The second-order valence-electron chi connectivity index (χ2n) is 14.2. The van der Waals surface area contributed by atoms with Crippen LogP contribution in [0, 0.1) is 16.9 Å². The van der Waals surface area contributed by atoms with Gasteiger partial charge < -0.3 is 0 Å². The molecule has 3 aliphatic rings. The Morgan fingerprint density at radius 2 is 1.39 bits per heavy atom. The fourth-order valence-corrected chi connectivity index (χ4v) is 7.64. The van der Waals surface area contributed by atoms with Crippen LogP contribution in [0.5, 0.6) is 0 Å². The summed E-state index contributed by atoms with van der Waals surface area (Å²) in [4.78, 5) is 0. The second-order valence-corrected chi connectivity index (χ2v) is 15.5. The zero-order valence-corrected chi connectivity index (χ0v) is 32.8. The first-order chi connectivity index (χ1) is 20.9. The van der Waals surface area contributed by atoms with Crippen LogP contribution in [-0.2, 0) is 29.7 Å². The monoisotopic (exact) mass is 725 g/mol. The molecule has 3 aliphatic carbocycles. The summed E-state index contributed by atoms with van der Waals surface area (Å²) in [5.74, 6) is 0. The summed E-state index contributed by atoms with van der Waals surface area (Å²) in [6.45, 7) is 18.6. The van der Waals surface area contributed by atoms with Crippen molar-refractivity contribution in [3.63, 3.8) is 0 Å². The maximum atomic E-state index is 4.07. The van der Waals surface area contributed by atoms with E-state index in [1.54, 1.807) is 16.7 Å². The summed E-state index contributed by atoms with van der Waals surface area (Å²) < 4.78 is 1.42. The fraction of sp³-hybridized carbons (Fsp3) is 0.326. The molecule has 0 fully saturated rings. The maximum absolute atomic E-state index is 4.07.